The molecular weight excluding hydrogens is 426 g/mol. The molecule has 3 atom stereocenters. The fraction of sp³-hybridized carbons (Fsp3) is 0.667. The van der Waals surface area contributed by atoms with Crippen LogP contribution in [0.15, 0.2) is 24.3 Å². The van der Waals surface area contributed by atoms with Gasteiger partial charge in [-0.3, -0.25) is 9.59 Å². The van der Waals surface area contributed by atoms with E-state index < -0.39 is 22.0 Å². The van der Waals surface area contributed by atoms with E-state index in [0.29, 0.717) is 39.0 Å². The van der Waals surface area contributed by atoms with Crippen molar-refractivity contribution in [2.75, 3.05) is 25.4 Å². The van der Waals surface area contributed by atoms with Gasteiger partial charge >= 0.3 is 0 Å². The van der Waals surface area contributed by atoms with Gasteiger partial charge in [-0.15, -0.1) is 0 Å². The molecule has 1 aliphatic carbocycles. The van der Waals surface area contributed by atoms with Gasteiger partial charge in [0.1, 0.15) is 0 Å². The van der Waals surface area contributed by atoms with E-state index in [1.54, 1.807) is 11.2 Å². The number of amides is 2. The maximum absolute atomic E-state index is 13.5. The highest BCUT2D eigenvalue weighted by Gasteiger charge is 2.47. The Morgan fingerprint density at radius 1 is 1.06 bits per heavy atom. The van der Waals surface area contributed by atoms with Crippen molar-refractivity contribution in [3.05, 3.63) is 35.4 Å². The molecule has 2 amide bonds. The van der Waals surface area contributed by atoms with Crippen LogP contribution in [0.1, 0.15) is 56.6 Å². The van der Waals surface area contributed by atoms with Gasteiger partial charge in [-0.2, -0.15) is 4.31 Å². The maximum atomic E-state index is 13.5. The monoisotopic (exact) mass is 461 g/mol. The third kappa shape index (κ3) is 4.86. The molecule has 8 heteroatoms. The molecule has 1 saturated heterocycles. The molecule has 2 aliphatic heterocycles. The topological polar surface area (TPSA) is 86.8 Å². The molecule has 1 saturated carbocycles. The number of hydrogen-bond donors (Lipinski definition) is 1. The Morgan fingerprint density at radius 2 is 1.81 bits per heavy atom. The molecule has 4 rings (SSSR count). The summed E-state index contributed by atoms with van der Waals surface area (Å²) in [5, 5.41) is 3.01. The van der Waals surface area contributed by atoms with E-state index in [2.05, 4.69) is 17.4 Å². The average Bonchev–Trinajstić information content (AvgIpc) is 3.23. The van der Waals surface area contributed by atoms with Gasteiger partial charge in [0.25, 0.3) is 0 Å². The summed E-state index contributed by atoms with van der Waals surface area (Å²) in [4.78, 5) is 28.4. The first-order chi connectivity index (χ1) is 15.4. The summed E-state index contributed by atoms with van der Waals surface area (Å²) in [5.41, 5.74) is 2.46. The second kappa shape index (κ2) is 9.91. The van der Waals surface area contributed by atoms with E-state index in [1.807, 2.05) is 17.0 Å². The van der Waals surface area contributed by atoms with Crippen molar-refractivity contribution < 1.29 is 18.0 Å². The summed E-state index contributed by atoms with van der Waals surface area (Å²) >= 11 is 0. The van der Waals surface area contributed by atoms with Crippen LogP contribution in [-0.4, -0.2) is 60.9 Å². The predicted octanol–water partition coefficient (Wildman–Crippen LogP) is 2.31. The molecule has 2 fully saturated rings. The molecule has 0 radical (unpaired) electrons. The number of sulfonamides is 1. The van der Waals surface area contributed by atoms with Crippen molar-refractivity contribution in [3.63, 3.8) is 0 Å². The fourth-order valence-corrected chi connectivity index (χ4v) is 6.91. The number of fused-ring (bicyclic) bond motifs is 2. The summed E-state index contributed by atoms with van der Waals surface area (Å²) in [6, 6.07) is 7.76. The van der Waals surface area contributed by atoms with Crippen molar-refractivity contribution in [1.29, 1.82) is 0 Å². The van der Waals surface area contributed by atoms with Crippen molar-refractivity contribution in [2.24, 2.45) is 11.8 Å². The SMILES string of the molecule is CCS(=O)(=O)N1CCCCCCNC(=O)C2CC(C(=O)N3CCc4ccccc4C3)CC21. The van der Waals surface area contributed by atoms with Gasteiger partial charge in [-0.05, 0) is 50.2 Å². The van der Waals surface area contributed by atoms with Crippen LogP contribution in [0.4, 0.5) is 0 Å². The molecule has 1 aromatic carbocycles. The second-order valence-corrected chi connectivity index (χ2v) is 11.5. The first-order valence-electron chi connectivity index (χ1n) is 12.0. The third-order valence-corrected chi connectivity index (χ3v) is 9.25. The number of nitrogens with one attached hydrogen (secondary N) is 1. The van der Waals surface area contributed by atoms with E-state index in [9.17, 15) is 18.0 Å². The summed E-state index contributed by atoms with van der Waals surface area (Å²) in [6.45, 7) is 3.96. The van der Waals surface area contributed by atoms with Crippen LogP contribution in [-0.2, 0) is 32.6 Å². The summed E-state index contributed by atoms with van der Waals surface area (Å²) in [6.07, 6.45) is 5.29. The van der Waals surface area contributed by atoms with Crippen LogP contribution >= 0.6 is 0 Å². The lowest BCUT2D eigenvalue weighted by Gasteiger charge is -2.32. The molecule has 2 heterocycles. The van der Waals surface area contributed by atoms with Gasteiger partial charge in [0.05, 0.1) is 11.7 Å². The van der Waals surface area contributed by atoms with Crippen LogP contribution in [0.2, 0.25) is 0 Å². The lowest BCUT2D eigenvalue weighted by molar-refractivity contribution is -0.136. The molecular formula is C24H35N3O4S. The number of carbonyl (C=O) groups is 2. The molecule has 32 heavy (non-hydrogen) atoms. The van der Waals surface area contributed by atoms with Crippen LogP contribution in [0.25, 0.3) is 0 Å². The van der Waals surface area contributed by atoms with Crippen molar-refractivity contribution >= 4 is 21.8 Å². The first-order valence-corrected chi connectivity index (χ1v) is 13.6. The van der Waals surface area contributed by atoms with E-state index in [1.165, 1.54) is 11.1 Å². The number of hydrogen-bond acceptors (Lipinski definition) is 4. The van der Waals surface area contributed by atoms with Crippen molar-refractivity contribution in [3.8, 4) is 0 Å². The Morgan fingerprint density at radius 3 is 2.59 bits per heavy atom. The van der Waals surface area contributed by atoms with E-state index in [4.69, 9.17) is 0 Å². The standard InChI is InChI=1S/C24H35N3O4S/c1-2-32(30,31)27-13-8-4-3-7-12-25-23(28)21-15-20(16-22(21)27)24(29)26-14-11-18-9-5-6-10-19(18)17-26/h5-6,9-10,20-22H,2-4,7-8,11-17H2,1H3,(H,25,28). The third-order valence-electron chi connectivity index (χ3n) is 7.35. The first kappa shape index (κ1) is 23.2. The quantitative estimate of drug-likeness (QED) is 0.748. The number of carbonyl (C=O) groups excluding carboxylic acids is 2. The highest BCUT2D eigenvalue weighted by atomic mass is 32.2. The molecule has 0 bridgehead atoms. The minimum absolute atomic E-state index is 0.0133. The molecule has 7 nitrogen and oxygen atoms in total. The smallest absolute Gasteiger partial charge is 0.226 e. The Balaban J connectivity index is 1.56. The zero-order chi connectivity index (χ0) is 22.7. The van der Waals surface area contributed by atoms with Gasteiger partial charge in [0.15, 0.2) is 0 Å². The zero-order valence-corrected chi connectivity index (χ0v) is 19.8. The van der Waals surface area contributed by atoms with Crippen molar-refractivity contribution in [1.82, 2.24) is 14.5 Å². The molecule has 176 valence electrons. The lowest BCUT2D eigenvalue weighted by Crippen LogP contribution is -2.47. The number of rotatable bonds is 3. The molecule has 1 N–H and O–H groups in total. The number of nitrogens with zero attached hydrogens (tertiary/aromatic N) is 2. The van der Waals surface area contributed by atoms with Crippen LogP contribution in [0.3, 0.4) is 0 Å². The van der Waals surface area contributed by atoms with E-state index in [0.717, 1.165) is 32.1 Å². The second-order valence-electron chi connectivity index (χ2n) is 9.34. The zero-order valence-electron chi connectivity index (χ0n) is 19.0. The number of benzene rings is 1. The highest BCUT2D eigenvalue weighted by Crippen LogP contribution is 2.38. The molecule has 0 spiro atoms. The minimum atomic E-state index is -3.46. The van der Waals surface area contributed by atoms with Gasteiger partial charge in [-0.25, -0.2) is 8.42 Å². The minimum Gasteiger partial charge on any atom is -0.356 e. The summed E-state index contributed by atoms with van der Waals surface area (Å²) in [5.74, 6) is -0.827. The molecule has 3 aliphatic rings. The van der Waals surface area contributed by atoms with Crippen LogP contribution in [0, 0.1) is 11.8 Å². The normalized spacial score (nSPS) is 27.7. The van der Waals surface area contributed by atoms with Gasteiger partial charge in [0.2, 0.25) is 21.8 Å². The summed E-state index contributed by atoms with van der Waals surface area (Å²) in [7, 11) is -3.46. The predicted molar refractivity (Wildman–Crippen MR) is 123 cm³/mol. The Kier molecular flexibility index (Phi) is 7.20. The van der Waals surface area contributed by atoms with Crippen molar-refractivity contribution in [2.45, 2.75) is 64.5 Å². The Hall–Kier alpha value is -1.93. The van der Waals surface area contributed by atoms with E-state index in [-0.39, 0.29) is 23.5 Å². The highest BCUT2D eigenvalue weighted by molar-refractivity contribution is 7.89. The molecule has 0 aromatic heterocycles. The van der Waals surface area contributed by atoms with E-state index >= 15 is 0 Å². The lowest BCUT2D eigenvalue weighted by atomic mass is 9.97. The van der Waals surface area contributed by atoms with Gasteiger partial charge in [0, 0.05) is 38.1 Å². The summed E-state index contributed by atoms with van der Waals surface area (Å²) < 4.78 is 27.5. The fourth-order valence-electron chi connectivity index (χ4n) is 5.53. The van der Waals surface area contributed by atoms with Gasteiger partial charge in [-0.1, -0.05) is 37.1 Å². The van der Waals surface area contributed by atoms with Crippen LogP contribution in [0.5, 0.6) is 0 Å². The van der Waals surface area contributed by atoms with Gasteiger partial charge < -0.3 is 10.2 Å². The molecule has 1 aromatic rings. The average molecular weight is 462 g/mol. The maximum Gasteiger partial charge on any atom is 0.226 e. The Bertz CT molecular complexity index is 948. The Labute approximate surface area is 191 Å². The van der Waals surface area contributed by atoms with Crippen LogP contribution < -0.4 is 5.32 Å². The molecule has 3 unspecified atom stereocenters. The largest absolute Gasteiger partial charge is 0.356 e.